The fourth-order valence-corrected chi connectivity index (χ4v) is 2.31. The maximum Gasteiger partial charge on any atom is 0.275 e. The van der Waals surface area contributed by atoms with Crippen molar-refractivity contribution in [2.75, 3.05) is 11.4 Å². The van der Waals surface area contributed by atoms with Crippen molar-refractivity contribution in [3.05, 3.63) is 62.7 Å². The molecule has 0 bridgehead atoms. The lowest BCUT2D eigenvalue weighted by Crippen LogP contribution is -2.23. The number of nitrogens with zero attached hydrogens (tertiary/aromatic N) is 3. The average Bonchev–Trinajstić information content (AvgIpc) is 2.45. The molecule has 0 atom stereocenters. The van der Waals surface area contributed by atoms with Crippen molar-refractivity contribution in [1.82, 2.24) is 4.98 Å². The topological polar surface area (TPSA) is 59.3 Å². The Morgan fingerprint density at radius 2 is 2.00 bits per heavy atom. The molecule has 0 saturated carbocycles. The molecule has 5 nitrogen and oxygen atoms in total. The zero-order chi connectivity index (χ0) is 14.5. The minimum Gasteiger partial charge on any atom is -0.352 e. The predicted octanol–water partition coefficient (Wildman–Crippen LogP) is 3.78. The van der Waals surface area contributed by atoms with E-state index in [9.17, 15) is 10.1 Å². The molecule has 0 amide bonds. The fraction of sp³-hybridized carbons (Fsp3) is 0.214. The molecule has 1 heterocycles. The number of hydrogen-bond donors (Lipinski definition) is 0. The second-order valence-corrected chi connectivity index (χ2v) is 5.08. The van der Waals surface area contributed by atoms with E-state index in [1.807, 2.05) is 42.2 Å². The first-order valence-electron chi connectivity index (χ1n) is 6.21. The molecule has 20 heavy (non-hydrogen) atoms. The van der Waals surface area contributed by atoms with Gasteiger partial charge in [-0.2, -0.15) is 0 Å². The highest BCUT2D eigenvalue weighted by Crippen LogP contribution is 2.24. The minimum atomic E-state index is -0.410. The lowest BCUT2D eigenvalue weighted by atomic mass is 10.2. The first kappa shape index (κ1) is 14.5. The van der Waals surface area contributed by atoms with Crippen molar-refractivity contribution in [2.45, 2.75) is 13.5 Å². The number of halogens is 1. The van der Waals surface area contributed by atoms with Crippen LogP contribution in [-0.2, 0) is 6.54 Å². The fourth-order valence-electron chi connectivity index (χ4n) is 1.90. The Balaban J connectivity index is 2.29. The van der Waals surface area contributed by atoms with Gasteiger partial charge in [0.05, 0.1) is 11.0 Å². The van der Waals surface area contributed by atoms with Crippen LogP contribution in [-0.4, -0.2) is 16.5 Å². The van der Waals surface area contributed by atoms with Gasteiger partial charge in [-0.15, -0.1) is 0 Å². The highest BCUT2D eigenvalue weighted by Gasteiger charge is 2.14. The summed E-state index contributed by atoms with van der Waals surface area (Å²) in [6.07, 6.45) is 0. The molecule has 0 aliphatic rings. The number of pyridine rings is 1. The zero-order valence-corrected chi connectivity index (χ0v) is 12.6. The van der Waals surface area contributed by atoms with Gasteiger partial charge in [0.15, 0.2) is 0 Å². The van der Waals surface area contributed by atoms with E-state index in [-0.39, 0.29) is 5.69 Å². The summed E-state index contributed by atoms with van der Waals surface area (Å²) >= 11 is 3.22. The largest absolute Gasteiger partial charge is 0.352 e. The molecule has 1 aromatic carbocycles. The second-order valence-electron chi connectivity index (χ2n) is 4.26. The summed E-state index contributed by atoms with van der Waals surface area (Å²) in [4.78, 5) is 16.8. The number of rotatable bonds is 5. The van der Waals surface area contributed by atoms with Crippen molar-refractivity contribution in [3.63, 3.8) is 0 Å². The van der Waals surface area contributed by atoms with Crippen LogP contribution in [0.5, 0.6) is 0 Å². The molecule has 2 aromatic rings. The molecule has 1 aromatic heterocycles. The Kier molecular flexibility index (Phi) is 4.68. The Morgan fingerprint density at radius 1 is 1.30 bits per heavy atom. The van der Waals surface area contributed by atoms with Gasteiger partial charge in [-0.1, -0.05) is 30.3 Å². The molecule has 0 spiro atoms. The lowest BCUT2D eigenvalue weighted by molar-refractivity contribution is -0.384. The van der Waals surface area contributed by atoms with Crippen molar-refractivity contribution < 1.29 is 4.92 Å². The summed E-state index contributed by atoms with van der Waals surface area (Å²) in [5, 5.41) is 10.9. The zero-order valence-electron chi connectivity index (χ0n) is 11.0. The number of benzene rings is 1. The molecule has 2 rings (SSSR count). The van der Waals surface area contributed by atoms with E-state index in [0.29, 0.717) is 17.0 Å². The van der Waals surface area contributed by atoms with E-state index < -0.39 is 4.92 Å². The highest BCUT2D eigenvalue weighted by molar-refractivity contribution is 9.10. The number of anilines is 1. The van der Waals surface area contributed by atoms with Crippen molar-refractivity contribution >= 4 is 27.4 Å². The van der Waals surface area contributed by atoms with E-state index in [0.717, 1.165) is 12.1 Å². The van der Waals surface area contributed by atoms with E-state index in [2.05, 4.69) is 20.9 Å². The number of nitro groups is 1. The number of hydrogen-bond acceptors (Lipinski definition) is 4. The summed E-state index contributed by atoms with van der Waals surface area (Å²) in [6.45, 7) is 3.38. The molecule has 6 heteroatoms. The molecule has 0 N–H and O–H groups in total. The van der Waals surface area contributed by atoms with Crippen molar-refractivity contribution in [2.24, 2.45) is 0 Å². The van der Waals surface area contributed by atoms with Gasteiger partial charge in [-0.25, -0.2) is 4.98 Å². The lowest BCUT2D eigenvalue weighted by Gasteiger charge is -2.22. The van der Waals surface area contributed by atoms with E-state index in [1.165, 1.54) is 12.1 Å². The van der Waals surface area contributed by atoms with Gasteiger partial charge in [-0.3, -0.25) is 10.1 Å². The van der Waals surface area contributed by atoms with Crippen LogP contribution in [0, 0.1) is 10.1 Å². The summed E-state index contributed by atoms with van der Waals surface area (Å²) in [5.41, 5.74) is 1.17. The summed E-state index contributed by atoms with van der Waals surface area (Å²) < 4.78 is 0.466. The average molecular weight is 336 g/mol. The van der Waals surface area contributed by atoms with E-state index in [4.69, 9.17) is 0 Å². The monoisotopic (exact) mass is 335 g/mol. The quantitative estimate of drug-likeness (QED) is 0.474. The van der Waals surface area contributed by atoms with Gasteiger partial charge in [0.1, 0.15) is 10.4 Å². The summed E-state index contributed by atoms with van der Waals surface area (Å²) in [6, 6.07) is 12.9. The van der Waals surface area contributed by atoms with Gasteiger partial charge in [0.25, 0.3) is 5.69 Å². The molecule has 0 aliphatic heterocycles. The molecule has 0 fully saturated rings. The normalized spacial score (nSPS) is 10.3. The Bertz CT molecular complexity index is 605. The maximum absolute atomic E-state index is 10.9. The highest BCUT2D eigenvalue weighted by atomic mass is 79.9. The van der Waals surface area contributed by atoms with Crippen molar-refractivity contribution in [3.8, 4) is 0 Å². The summed E-state index contributed by atoms with van der Waals surface area (Å²) in [5.74, 6) is 0.595. The third-order valence-electron chi connectivity index (χ3n) is 2.90. The van der Waals surface area contributed by atoms with Gasteiger partial charge in [-0.05, 0) is 28.4 Å². The van der Waals surface area contributed by atoms with Crippen molar-refractivity contribution in [1.29, 1.82) is 0 Å². The van der Waals surface area contributed by atoms with Crippen LogP contribution in [0.25, 0.3) is 0 Å². The molecule has 0 unspecified atom stereocenters. The van der Waals surface area contributed by atoms with Gasteiger partial charge in [0.2, 0.25) is 0 Å². The first-order chi connectivity index (χ1) is 9.60. The van der Waals surface area contributed by atoms with Crippen LogP contribution < -0.4 is 4.90 Å². The SMILES string of the molecule is CCN(Cc1ccccc1)c1cc([N+](=O)[O-])cc(Br)n1. The Hall–Kier alpha value is -1.95. The van der Waals surface area contributed by atoms with Crippen LogP contribution in [0.15, 0.2) is 47.1 Å². The third-order valence-corrected chi connectivity index (χ3v) is 3.30. The molecule has 0 saturated heterocycles. The van der Waals surface area contributed by atoms with Gasteiger partial charge in [0, 0.05) is 19.2 Å². The van der Waals surface area contributed by atoms with Crippen LogP contribution in [0.2, 0.25) is 0 Å². The standard InChI is InChI=1S/C14H14BrN3O2/c1-2-17(10-11-6-4-3-5-7-11)14-9-12(18(19)20)8-13(15)16-14/h3-9H,2,10H2,1H3. The predicted molar refractivity (Wildman–Crippen MR) is 81.8 cm³/mol. The molecule has 0 aliphatic carbocycles. The Morgan fingerprint density at radius 3 is 2.60 bits per heavy atom. The van der Waals surface area contributed by atoms with Crippen LogP contribution in [0.3, 0.4) is 0 Å². The third kappa shape index (κ3) is 3.54. The minimum absolute atomic E-state index is 0.0355. The maximum atomic E-state index is 10.9. The van der Waals surface area contributed by atoms with E-state index in [1.54, 1.807) is 0 Å². The molecule has 104 valence electrons. The Labute approximate surface area is 125 Å². The van der Waals surface area contributed by atoms with E-state index >= 15 is 0 Å². The molecular formula is C14H14BrN3O2. The van der Waals surface area contributed by atoms with Crippen LogP contribution in [0.4, 0.5) is 11.5 Å². The second kappa shape index (κ2) is 6.47. The van der Waals surface area contributed by atoms with Gasteiger partial charge < -0.3 is 4.90 Å². The van der Waals surface area contributed by atoms with Gasteiger partial charge >= 0.3 is 0 Å². The first-order valence-corrected chi connectivity index (χ1v) is 7.00. The molecular weight excluding hydrogens is 322 g/mol. The van der Waals surface area contributed by atoms with Crippen LogP contribution in [0.1, 0.15) is 12.5 Å². The molecule has 0 radical (unpaired) electrons. The number of aromatic nitrogens is 1. The summed E-state index contributed by atoms with van der Waals surface area (Å²) in [7, 11) is 0. The van der Waals surface area contributed by atoms with Crippen LogP contribution >= 0.6 is 15.9 Å². The smallest absolute Gasteiger partial charge is 0.275 e.